The number of hydrogen-bond donors (Lipinski definition) is 1. The number of nitrogens with zero attached hydrogens (tertiary/aromatic N) is 2. The molecule has 0 radical (unpaired) electrons. The van der Waals surface area contributed by atoms with Crippen molar-refractivity contribution in [2.75, 3.05) is 23.8 Å². The van der Waals surface area contributed by atoms with Crippen molar-refractivity contribution in [1.29, 1.82) is 0 Å². The van der Waals surface area contributed by atoms with Crippen molar-refractivity contribution in [3.63, 3.8) is 0 Å². The lowest BCUT2D eigenvalue weighted by Crippen LogP contribution is -2.24. The molecule has 3 rings (SSSR count). The molecule has 2 N–H and O–H groups in total. The van der Waals surface area contributed by atoms with E-state index >= 15 is 0 Å². The van der Waals surface area contributed by atoms with Gasteiger partial charge in [-0.25, -0.2) is 9.78 Å². The fourth-order valence-electron chi connectivity index (χ4n) is 2.40. The maximum atomic E-state index is 11.6. The molecule has 0 aliphatic carbocycles. The normalized spacial score (nSPS) is 14.7. The first-order valence-electron chi connectivity index (χ1n) is 6.34. The van der Waals surface area contributed by atoms with E-state index in [1.807, 2.05) is 32.0 Å². The Labute approximate surface area is 121 Å². The van der Waals surface area contributed by atoms with Crippen molar-refractivity contribution < 1.29 is 9.53 Å². The zero-order chi connectivity index (χ0) is 14.3. The van der Waals surface area contributed by atoms with Crippen LogP contribution in [0.5, 0.6) is 0 Å². The monoisotopic (exact) mass is 289 g/mol. The molecule has 1 aromatic heterocycles. The van der Waals surface area contributed by atoms with Crippen LogP contribution in [0, 0.1) is 13.8 Å². The minimum atomic E-state index is -0.282. The zero-order valence-corrected chi connectivity index (χ0v) is 12.2. The molecule has 2 aromatic rings. The first-order valence-corrected chi connectivity index (χ1v) is 7.16. The average molecular weight is 289 g/mol. The number of amides is 1. The third kappa shape index (κ3) is 2.12. The number of nitrogen functional groups attached to an aromatic ring is 1. The number of carbonyl (C=O) groups is 1. The summed E-state index contributed by atoms with van der Waals surface area (Å²) in [5, 5.41) is 0.572. The summed E-state index contributed by atoms with van der Waals surface area (Å²) >= 11 is 1.48. The van der Waals surface area contributed by atoms with Crippen LogP contribution < -0.4 is 10.6 Å². The number of ether oxygens (including phenoxy) is 1. The first kappa shape index (κ1) is 12.9. The standard InChI is InChI=1S/C14H15N3O2S/c1-8-7-10(12-9(2)20-13(15)16-12)3-4-11(8)17-5-6-19-14(17)18/h3-4,7H,5-6H2,1-2H3,(H2,15,16). The molecule has 1 aliphatic heterocycles. The second-order valence-corrected chi connectivity index (χ2v) is 5.96. The van der Waals surface area contributed by atoms with Gasteiger partial charge in [0.25, 0.3) is 0 Å². The van der Waals surface area contributed by atoms with Gasteiger partial charge >= 0.3 is 6.09 Å². The van der Waals surface area contributed by atoms with Crippen molar-refractivity contribution in [3.8, 4) is 11.3 Å². The van der Waals surface area contributed by atoms with E-state index in [2.05, 4.69) is 4.98 Å². The van der Waals surface area contributed by atoms with Crippen molar-refractivity contribution in [1.82, 2.24) is 4.98 Å². The van der Waals surface area contributed by atoms with Crippen molar-refractivity contribution in [2.45, 2.75) is 13.8 Å². The van der Waals surface area contributed by atoms with Crippen LogP contribution in [0.15, 0.2) is 18.2 Å². The first-order chi connectivity index (χ1) is 9.56. The highest BCUT2D eigenvalue weighted by Crippen LogP contribution is 2.32. The molecule has 0 atom stereocenters. The molecule has 6 heteroatoms. The van der Waals surface area contributed by atoms with Crippen LogP contribution in [0.1, 0.15) is 10.4 Å². The summed E-state index contributed by atoms with van der Waals surface area (Å²) in [5.41, 5.74) is 9.57. The Hall–Kier alpha value is -2.08. The molecule has 1 amide bonds. The van der Waals surface area contributed by atoms with Gasteiger partial charge in [-0.2, -0.15) is 0 Å². The van der Waals surface area contributed by atoms with E-state index in [9.17, 15) is 4.79 Å². The maximum Gasteiger partial charge on any atom is 0.414 e. The van der Waals surface area contributed by atoms with Gasteiger partial charge in [-0.1, -0.05) is 6.07 Å². The number of anilines is 2. The average Bonchev–Trinajstić information content (AvgIpc) is 2.95. The Bertz CT molecular complexity index is 681. The Morgan fingerprint density at radius 2 is 2.20 bits per heavy atom. The quantitative estimate of drug-likeness (QED) is 0.923. The summed E-state index contributed by atoms with van der Waals surface area (Å²) < 4.78 is 4.97. The highest BCUT2D eigenvalue weighted by molar-refractivity contribution is 7.15. The van der Waals surface area contributed by atoms with Gasteiger partial charge in [0, 0.05) is 10.4 Å². The van der Waals surface area contributed by atoms with Crippen LogP contribution in [-0.4, -0.2) is 24.2 Å². The molecular weight excluding hydrogens is 274 g/mol. The Morgan fingerprint density at radius 1 is 1.40 bits per heavy atom. The zero-order valence-electron chi connectivity index (χ0n) is 11.3. The van der Waals surface area contributed by atoms with Crippen LogP contribution in [-0.2, 0) is 4.74 Å². The van der Waals surface area contributed by atoms with E-state index in [1.54, 1.807) is 4.90 Å². The highest BCUT2D eigenvalue weighted by Gasteiger charge is 2.25. The lowest BCUT2D eigenvalue weighted by atomic mass is 10.1. The predicted molar refractivity (Wildman–Crippen MR) is 80.1 cm³/mol. The number of rotatable bonds is 2. The summed E-state index contributed by atoms with van der Waals surface area (Å²) in [6.07, 6.45) is -0.282. The summed E-state index contributed by atoms with van der Waals surface area (Å²) in [6.45, 7) is 5.03. The Kier molecular flexibility index (Phi) is 3.10. The van der Waals surface area contributed by atoms with E-state index in [0.29, 0.717) is 18.3 Å². The lowest BCUT2D eigenvalue weighted by Gasteiger charge is -2.16. The third-order valence-electron chi connectivity index (χ3n) is 3.33. The molecule has 0 bridgehead atoms. The molecule has 5 nitrogen and oxygen atoms in total. The molecule has 1 aromatic carbocycles. The second-order valence-electron chi connectivity index (χ2n) is 4.72. The van der Waals surface area contributed by atoms with E-state index in [-0.39, 0.29) is 6.09 Å². The van der Waals surface area contributed by atoms with E-state index in [4.69, 9.17) is 10.5 Å². The van der Waals surface area contributed by atoms with Crippen LogP contribution >= 0.6 is 11.3 Å². The number of aromatic nitrogens is 1. The van der Waals surface area contributed by atoms with E-state index < -0.39 is 0 Å². The van der Waals surface area contributed by atoms with Gasteiger partial charge in [0.15, 0.2) is 5.13 Å². The lowest BCUT2D eigenvalue weighted by molar-refractivity contribution is 0.181. The topological polar surface area (TPSA) is 68.4 Å². The molecule has 1 fully saturated rings. The molecule has 0 unspecified atom stereocenters. The number of hydrogen-bond acceptors (Lipinski definition) is 5. The summed E-state index contributed by atoms with van der Waals surface area (Å²) in [7, 11) is 0. The van der Waals surface area contributed by atoms with Crippen LogP contribution in [0.3, 0.4) is 0 Å². The molecule has 2 heterocycles. The Morgan fingerprint density at radius 3 is 2.75 bits per heavy atom. The van der Waals surface area contributed by atoms with Gasteiger partial charge in [0.1, 0.15) is 6.61 Å². The number of carbonyl (C=O) groups excluding carboxylic acids is 1. The van der Waals surface area contributed by atoms with Crippen LogP contribution in [0.4, 0.5) is 15.6 Å². The van der Waals surface area contributed by atoms with Crippen molar-refractivity contribution in [3.05, 3.63) is 28.6 Å². The molecule has 104 valence electrons. The predicted octanol–water partition coefficient (Wildman–Crippen LogP) is 2.97. The van der Waals surface area contributed by atoms with Gasteiger partial charge in [0.2, 0.25) is 0 Å². The summed E-state index contributed by atoms with van der Waals surface area (Å²) in [4.78, 5) is 18.7. The van der Waals surface area contributed by atoms with Gasteiger partial charge in [-0.05, 0) is 31.5 Å². The molecule has 20 heavy (non-hydrogen) atoms. The van der Waals surface area contributed by atoms with Gasteiger partial charge in [-0.3, -0.25) is 4.90 Å². The molecule has 0 saturated carbocycles. The molecular formula is C14H15N3O2S. The fourth-order valence-corrected chi connectivity index (χ4v) is 3.11. The number of nitrogens with two attached hydrogens (primary N) is 1. The SMILES string of the molecule is Cc1cc(-c2nc(N)sc2C)ccc1N1CCOC1=O. The van der Waals surface area contributed by atoms with Crippen molar-refractivity contribution in [2.24, 2.45) is 0 Å². The van der Waals surface area contributed by atoms with Gasteiger partial charge < -0.3 is 10.5 Å². The number of benzene rings is 1. The summed E-state index contributed by atoms with van der Waals surface area (Å²) in [6, 6.07) is 5.93. The number of cyclic esters (lactones) is 1. The third-order valence-corrected chi connectivity index (χ3v) is 4.13. The molecule has 1 aliphatic rings. The van der Waals surface area contributed by atoms with Crippen LogP contribution in [0.25, 0.3) is 11.3 Å². The van der Waals surface area contributed by atoms with Crippen LogP contribution in [0.2, 0.25) is 0 Å². The van der Waals surface area contributed by atoms with E-state index in [1.165, 1.54) is 11.3 Å². The maximum absolute atomic E-state index is 11.6. The second kappa shape index (κ2) is 4.79. The van der Waals surface area contributed by atoms with Gasteiger partial charge in [0.05, 0.1) is 17.9 Å². The molecule has 1 saturated heterocycles. The van der Waals surface area contributed by atoms with E-state index in [0.717, 1.165) is 27.4 Å². The number of thiazole rings is 1. The smallest absolute Gasteiger partial charge is 0.414 e. The largest absolute Gasteiger partial charge is 0.447 e. The number of aryl methyl sites for hydroxylation is 2. The summed E-state index contributed by atoms with van der Waals surface area (Å²) in [5.74, 6) is 0. The van der Waals surface area contributed by atoms with Crippen molar-refractivity contribution >= 4 is 28.2 Å². The highest BCUT2D eigenvalue weighted by atomic mass is 32.1. The minimum Gasteiger partial charge on any atom is -0.447 e. The fraction of sp³-hybridized carbons (Fsp3) is 0.286. The minimum absolute atomic E-state index is 0.282. The van der Waals surface area contributed by atoms with Gasteiger partial charge in [-0.15, -0.1) is 11.3 Å². The molecule has 0 spiro atoms. The Balaban J connectivity index is 1.99.